The average molecular weight is 420 g/mol. The first-order chi connectivity index (χ1) is 14.5. The lowest BCUT2D eigenvalue weighted by atomic mass is 9.95. The smallest absolute Gasteiger partial charge is 0.355 e. The van der Waals surface area contributed by atoms with E-state index in [2.05, 4.69) is 11.9 Å². The number of benzene rings is 1. The van der Waals surface area contributed by atoms with Gasteiger partial charge in [-0.3, -0.25) is 0 Å². The minimum Gasteiger partial charge on any atom is -0.464 e. The number of nitrogens with two attached hydrogens (primary N) is 1. The van der Waals surface area contributed by atoms with Crippen LogP contribution in [-0.4, -0.2) is 29.4 Å². The Kier molecular flexibility index (Phi) is 4.56. The van der Waals surface area contributed by atoms with Crippen molar-refractivity contribution >= 4 is 33.2 Å². The predicted molar refractivity (Wildman–Crippen MR) is 118 cm³/mol. The standard InChI is InChI=1S/C23H21N3O3S/c1-13-5-3-6-14(11-13)29-23(27)21-20(24)19-18(17-7-4-10-28-17)15-12-26(2)9-8-16(15)25-22(19)30-21/h3-7,10-11H,8-9,12,24H2,1-2H3. The van der Waals surface area contributed by atoms with E-state index in [9.17, 15) is 4.79 Å². The van der Waals surface area contributed by atoms with Crippen molar-refractivity contribution in [2.75, 3.05) is 19.3 Å². The lowest BCUT2D eigenvalue weighted by Crippen LogP contribution is -2.27. The predicted octanol–water partition coefficient (Wildman–Crippen LogP) is 4.65. The number of anilines is 1. The van der Waals surface area contributed by atoms with E-state index >= 15 is 0 Å². The van der Waals surface area contributed by atoms with Crippen LogP contribution in [0.5, 0.6) is 5.75 Å². The summed E-state index contributed by atoms with van der Waals surface area (Å²) in [6.07, 6.45) is 2.49. The van der Waals surface area contributed by atoms with Crippen molar-refractivity contribution in [3.05, 3.63) is 64.4 Å². The second kappa shape index (κ2) is 7.27. The number of hydrogen-bond acceptors (Lipinski definition) is 7. The van der Waals surface area contributed by atoms with Gasteiger partial charge in [-0.25, -0.2) is 9.78 Å². The first-order valence-electron chi connectivity index (χ1n) is 9.76. The van der Waals surface area contributed by atoms with Gasteiger partial charge in [-0.05, 0) is 49.4 Å². The van der Waals surface area contributed by atoms with Crippen LogP contribution < -0.4 is 10.5 Å². The second-order valence-corrected chi connectivity index (χ2v) is 8.61. The number of nitrogen functional groups attached to an aromatic ring is 1. The zero-order chi connectivity index (χ0) is 20.8. The highest BCUT2D eigenvalue weighted by molar-refractivity contribution is 7.21. The SMILES string of the molecule is Cc1cccc(OC(=O)c2sc3nc4c(c(-c5ccco5)c3c2N)CN(C)CC4)c1. The maximum Gasteiger partial charge on any atom is 0.355 e. The van der Waals surface area contributed by atoms with Gasteiger partial charge in [0.05, 0.1) is 12.0 Å². The third kappa shape index (κ3) is 3.16. The van der Waals surface area contributed by atoms with Gasteiger partial charge >= 0.3 is 5.97 Å². The fraction of sp³-hybridized carbons (Fsp3) is 0.217. The highest BCUT2D eigenvalue weighted by Gasteiger charge is 2.28. The molecule has 0 saturated carbocycles. The van der Waals surface area contributed by atoms with Crippen LogP contribution in [0.3, 0.4) is 0 Å². The first kappa shape index (κ1) is 18.8. The Bertz CT molecular complexity index is 1260. The number of nitrogens with zero attached hydrogens (tertiary/aromatic N) is 2. The molecule has 0 atom stereocenters. The molecule has 0 saturated heterocycles. The van der Waals surface area contributed by atoms with Gasteiger partial charge in [-0.1, -0.05) is 12.1 Å². The van der Waals surface area contributed by atoms with E-state index in [4.69, 9.17) is 19.9 Å². The normalized spacial score (nSPS) is 14.1. The molecule has 0 fully saturated rings. The number of pyridine rings is 1. The number of likely N-dealkylation sites (N-methyl/N-ethyl adjacent to an activating group) is 1. The number of rotatable bonds is 3. The van der Waals surface area contributed by atoms with Crippen molar-refractivity contribution in [1.29, 1.82) is 0 Å². The van der Waals surface area contributed by atoms with Crippen molar-refractivity contribution in [3.63, 3.8) is 0 Å². The molecule has 4 heterocycles. The average Bonchev–Trinajstić information content (AvgIpc) is 3.35. The molecule has 0 bridgehead atoms. The quantitative estimate of drug-likeness (QED) is 0.384. The molecule has 6 nitrogen and oxygen atoms in total. The van der Waals surface area contributed by atoms with E-state index in [1.807, 2.05) is 37.3 Å². The maximum atomic E-state index is 12.9. The zero-order valence-electron chi connectivity index (χ0n) is 16.8. The van der Waals surface area contributed by atoms with Crippen molar-refractivity contribution in [2.45, 2.75) is 19.9 Å². The van der Waals surface area contributed by atoms with Gasteiger partial charge in [0.1, 0.15) is 21.2 Å². The maximum absolute atomic E-state index is 12.9. The number of fused-ring (bicyclic) bond motifs is 2. The van der Waals surface area contributed by atoms with Crippen LogP contribution in [0.4, 0.5) is 5.69 Å². The number of furan rings is 1. The molecule has 1 aromatic carbocycles. The van der Waals surface area contributed by atoms with Crippen LogP contribution in [0, 0.1) is 6.92 Å². The fourth-order valence-electron chi connectivity index (χ4n) is 3.94. The molecule has 7 heteroatoms. The number of ether oxygens (including phenoxy) is 1. The number of aromatic nitrogens is 1. The molecule has 5 rings (SSSR count). The molecule has 0 radical (unpaired) electrons. The van der Waals surface area contributed by atoms with Crippen LogP contribution in [-0.2, 0) is 13.0 Å². The lowest BCUT2D eigenvalue weighted by Gasteiger charge is -2.26. The Labute approximate surface area is 177 Å². The van der Waals surface area contributed by atoms with Crippen molar-refractivity contribution in [1.82, 2.24) is 9.88 Å². The molecule has 0 spiro atoms. The van der Waals surface area contributed by atoms with Crippen molar-refractivity contribution in [2.24, 2.45) is 0 Å². The van der Waals surface area contributed by atoms with Gasteiger partial charge in [-0.15, -0.1) is 11.3 Å². The minimum absolute atomic E-state index is 0.363. The Hall–Kier alpha value is -3.16. The van der Waals surface area contributed by atoms with E-state index in [-0.39, 0.29) is 0 Å². The summed E-state index contributed by atoms with van der Waals surface area (Å²) < 4.78 is 11.3. The van der Waals surface area contributed by atoms with E-state index in [1.54, 1.807) is 12.3 Å². The summed E-state index contributed by atoms with van der Waals surface area (Å²) in [4.78, 5) is 21.1. The molecule has 4 aromatic rings. The van der Waals surface area contributed by atoms with E-state index < -0.39 is 5.97 Å². The number of carbonyl (C=O) groups excluding carboxylic acids is 1. The number of aryl methyl sites for hydroxylation is 1. The Morgan fingerprint density at radius 3 is 2.93 bits per heavy atom. The van der Waals surface area contributed by atoms with Crippen LogP contribution in [0.25, 0.3) is 21.5 Å². The monoisotopic (exact) mass is 419 g/mol. The van der Waals surface area contributed by atoms with Crippen LogP contribution in [0.1, 0.15) is 26.5 Å². The Morgan fingerprint density at radius 1 is 1.30 bits per heavy atom. The van der Waals surface area contributed by atoms with Crippen LogP contribution in [0.2, 0.25) is 0 Å². The largest absolute Gasteiger partial charge is 0.464 e. The molecule has 30 heavy (non-hydrogen) atoms. The van der Waals surface area contributed by atoms with Crippen LogP contribution in [0.15, 0.2) is 47.1 Å². The minimum atomic E-state index is -0.471. The van der Waals surface area contributed by atoms with Gasteiger partial charge < -0.3 is 19.8 Å². The summed E-state index contributed by atoms with van der Waals surface area (Å²) in [5.41, 5.74) is 11.0. The molecule has 152 valence electrons. The summed E-state index contributed by atoms with van der Waals surface area (Å²) in [6.45, 7) is 3.64. The summed E-state index contributed by atoms with van der Waals surface area (Å²) in [5.74, 6) is 0.760. The van der Waals surface area contributed by atoms with Crippen LogP contribution >= 0.6 is 11.3 Å². The third-order valence-electron chi connectivity index (χ3n) is 5.37. The van der Waals surface area contributed by atoms with Crippen molar-refractivity contribution < 1.29 is 13.9 Å². The Balaban J connectivity index is 1.66. The molecule has 3 aromatic heterocycles. The molecule has 2 N–H and O–H groups in total. The number of carbonyl (C=O) groups is 1. The number of hydrogen-bond donors (Lipinski definition) is 1. The van der Waals surface area contributed by atoms with E-state index in [0.717, 1.165) is 57.9 Å². The number of esters is 1. The molecule has 0 aliphatic carbocycles. The van der Waals surface area contributed by atoms with Gasteiger partial charge in [0.25, 0.3) is 0 Å². The topological polar surface area (TPSA) is 81.6 Å². The fourth-order valence-corrected chi connectivity index (χ4v) is 4.94. The summed E-state index contributed by atoms with van der Waals surface area (Å²) in [7, 11) is 2.08. The third-order valence-corrected chi connectivity index (χ3v) is 6.45. The van der Waals surface area contributed by atoms with Crippen molar-refractivity contribution in [3.8, 4) is 17.1 Å². The first-order valence-corrected chi connectivity index (χ1v) is 10.6. The van der Waals surface area contributed by atoms with Gasteiger partial charge in [-0.2, -0.15) is 0 Å². The summed E-state index contributed by atoms with van der Waals surface area (Å²) in [5, 5.41) is 0.764. The second-order valence-electron chi connectivity index (χ2n) is 7.61. The number of thiophene rings is 1. The molecule has 0 unspecified atom stereocenters. The van der Waals surface area contributed by atoms with Gasteiger partial charge in [0.2, 0.25) is 0 Å². The zero-order valence-corrected chi connectivity index (χ0v) is 17.6. The molecular weight excluding hydrogens is 398 g/mol. The highest BCUT2D eigenvalue weighted by atomic mass is 32.1. The molecular formula is C23H21N3O3S. The summed E-state index contributed by atoms with van der Waals surface area (Å²) >= 11 is 1.27. The molecule has 1 aliphatic rings. The summed E-state index contributed by atoms with van der Waals surface area (Å²) in [6, 6.07) is 11.2. The highest BCUT2D eigenvalue weighted by Crippen LogP contribution is 2.43. The Morgan fingerprint density at radius 2 is 2.17 bits per heavy atom. The van der Waals surface area contributed by atoms with E-state index in [0.29, 0.717) is 16.3 Å². The van der Waals surface area contributed by atoms with Gasteiger partial charge in [0, 0.05) is 36.2 Å². The van der Waals surface area contributed by atoms with E-state index in [1.165, 1.54) is 11.3 Å². The molecule has 1 aliphatic heterocycles. The van der Waals surface area contributed by atoms with Gasteiger partial charge in [0.15, 0.2) is 0 Å². The lowest BCUT2D eigenvalue weighted by molar-refractivity contribution is 0.0741. The molecule has 0 amide bonds.